The van der Waals surface area contributed by atoms with Crippen molar-refractivity contribution >= 4 is 11.9 Å². The van der Waals surface area contributed by atoms with Gasteiger partial charge in [0, 0.05) is 17.5 Å². The highest BCUT2D eigenvalue weighted by Gasteiger charge is 2.22. The number of carboxylic acids is 1. The Morgan fingerprint density at radius 2 is 1.94 bits per heavy atom. The van der Waals surface area contributed by atoms with E-state index in [9.17, 15) is 14.7 Å². The van der Waals surface area contributed by atoms with E-state index in [0.29, 0.717) is 18.4 Å². The van der Waals surface area contributed by atoms with Gasteiger partial charge in [-0.15, -0.1) is 0 Å². The number of nitrogens with zero attached hydrogens (tertiary/aromatic N) is 1. The number of hydrogen-bond donors (Lipinski definition) is 3. The number of aliphatic carboxylic acids is 1. The van der Waals surface area contributed by atoms with Crippen LogP contribution in [0.4, 0.5) is 0 Å². The molecule has 0 aliphatic rings. The Morgan fingerprint density at radius 3 is 2.61 bits per heavy atom. The summed E-state index contributed by atoms with van der Waals surface area (Å²) in [5.41, 5.74) is 5.60. The molecule has 3 rings (SSSR count). The van der Waals surface area contributed by atoms with Gasteiger partial charge in [-0.2, -0.15) is 0 Å². The molecule has 162 valence electrons. The van der Waals surface area contributed by atoms with Gasteiger partial charge in [-0.1, -0.05) is 49.7 Å². The molecule has 1 amide bonds. The van der Waals surface area contributed by atoms with Gasteiger partial charge in [0.1, 0.15) is 6.04 Å². The normalized spacial score (nSPS) is 11.8. The lowest BCUT2D eigenvalue weighted by Gasteiger charge is -2.17. The van der Waals surface area contributed by atoms with E-state index in [2.05, 4.69) is 21.4 Å². The molecule has 0 bridgehead atoms. The molecule has 3 N–H and O–H groups in total. The first-order valence-electron chi connectivity index (χ1n) is 10.7. The number of aryl methyl sites for hydroxylation is 3. The fourth-order valence-electron chi connectivity index (χ4n) is 3.73. The van der Waals surface area contributed by atoms with Gasteiger partial charge in [0.05, 0.1) is 6.33 Å². The van der Waals surface area contributed by atoms with E-state index in [0.717, 1.165) is 47.2 Å². The van der Waals surface area contributed by atoms with Crippen LogP contribution in [0.5, 0.6) is 0 Å². The number of rotatable bonds is 10. The van der Waals surface area contributed by atoms with Crippen LogP contribution in [0, 0.1) is 6.92 Å². The van der Waals surface area contributed by atoms with Gasteiger partial charge in [-0.25, -0.2) is 9.78 Å². The lowest BCUT2D eigenvalue weighted by molar-refractivity contribution is -0.139. The number of benzene rings is 2. The Balaban J connectivity index is 1.88. The number of carbonyl (C=O) groups excluding carboxylic acids is 1. The summed E-state index contributed by atoms with van der Waals surface area (Å²) in [7, 11) is 0. The van der Waals surface area contributed by atoms with E-state index < -0.39 is 12.0 Å². The molecular formula is C25H29N3O3. The highest BCUT2D eigenvalue weighted by atomic mass is 16.4. The molecule has 0 radical (unpaired) electrons. The van der Waals surface area contributed by atoms with Crippen molar-refractivity contribution in [1.82, 2.24) is 15.3 Å². The summed E-state index contributed by atoms with van der Waals surface area (Å²) >= 11 is 0. The average Bonchev–Trinajstić information content (AvgIpc) is 3.27. The smallest absolute Gasteiger partial charge is 0.326 e. The number of H-pyrrole nitrogens is 1. The van der Waals surface area contributed by atoms with E-state index in [1.54, 1.807) is 6.33 Å². The molecule has 1 heterocycles. The summed E-state index contributed by atoms with van der Waals surface area (Å²) in [4.78, 5) is 31.7. The van der Waals surface area contributed by atoms with E-state index in [1.807, 2.05) is 56.4 Å². The number of nitrogens with one attached hydrogen (secondary N) is 2. The summed E-state index contributed by atoms with van der Waals surface area (Å²) in [6.45, 7) is 3.91. The molecule has 0 aliphatic heterocycles. The van der Waals surface area contributed by atoms with Gasteiger partial charge in [-0.05, 0) is 60.9 Å². The van der Waals surface area contributed by atoms with Crippen LogP contribution >= 0.6 is 0 Å². The summed E-state index contributed by atoms with van der Waals surface area (Å²) in [6, 6.07) is 12.9. The van der Waals surface area contributed by atoms with Gasteiger partial charge in [-0.3, -0.25) is 4.79 Å². The number of imidazole rings is 1. The molecule has 6 heteroatoms. The zero-order chi connectivity index (χ0) is 22.2. The minimum Gasteiger partial charge on any atom is -0.480 e. The molecule has 0 spiro atoms. The van der Waals surface area contributed by atoms with E-state index in [4.69, 9.17) is 0 Å². The average molecular weight is 420 g/mol. The van der Waals surface area contributed by atoms with Gasteiger partial charge in [0.2, 0.25) is 0 Å². The molecule has 0 saturated heterocycles. The molecular weight excluding hydrogens is 390 g/mol. The minimum atomic E-state index is -1.01. The molecule has 0 saturated carbocycles. The van der Waals surface area contributed by atoms with Crippen molar-refractivity contribution in [1.29, 1.82) is 0 Å². The number of aromatic nitrogens is 2. The van der Waals surface area contributed by atoms with Crippen LogP contribution in [-0.4, -0.2) is 33.0 Å². The maximum absolute atomic E-state index is 13.0. The lowest BCUT2D eigenvalue weighted by Crippen LogP contribution is -2.40. The fourth-order valence-corrected chi connectivity index (χ4v) is 3.73. The van der Waals surface area contributed by atoms with Crippen molar-refractivity contribution in [3.8, 4) is 11.1 Å². The molecule has 6 nitrogen and oxygen atoms in total. The largest absolute Gasteiger partial charge is 0.480 e. The van der Waals surface area contributed by atoms with Crippen molar-refractivity contribution in [2.45, 2.75) is 52.0 Å². The van der Waals surface area contributed by atoms with Gasteiger partial charge in [0.15, 0.2) is 0 Å². The van der Waals surface area contributed by atoms with Gasteiger partial charge in [0.25, 0.3) is 5.91 Å². The highest BCUT2D eigenvalue weighted by molar-refractivity contribution is 6.02. The van der Waals surface area contributed by atoms with Crippen LogP contribution < -0.4 is 5.32 Å². The lowest BCUT2D eigenvalue weighted by atomic mass is 9.92. The predicted octanol–water partition coefficient (Wildman–Crippen LogP) is 4.54. The maximum Gasteiger partial charge on any atom is 0.326 e. The van der Waals surface area contributed by atoms with E-state index in [1.165, 1.54) is 0 Å². The Labute approximate surface area is 182 Å². The second-order valence-corrected chi connectivity index (χ2v) is 7.78. The third-order valence-electron chi connectivity index (χ3n) is 5.41. The zero-order valence-electron chi connectivity index (χ0n) is 18.0. The number of hydrogen-bond acceptors (Lipinski definition) is 3. The number of carboxylic acid groups (broad SMARTS) is 1. The molecule has 3 aromatic rings. The Morgan fingerprint density at radius 1 is 1.13 bits per heavy atom. The maximum atomic E-state index is 13.0. The summed E-state index contributed by atoms with van der Waals surface area (Å²) in [5.74, 6) is -1.37. The number of carbonyl (C=O) groups is 2. The van der Waals surface area contributed by atoms with E-state index in [-0.39, 0.29) is 5.91 Å². The number of amides is 1. The van der Waals surface area contributed by atoms with Gasteiger partial charge < -0.3 is 15.4 Å². The molecule has 31 heavy (non-hydrogen) atoms. The third kappa shape index (κ3) is 5.81. The van der Waals surface area contributed by atoms with Gasteiger partial charge >= 0.3 is 5.97 Å². The van der Waals surface area contributed by atoms with Crippen molar-refractivity contribution in [2.24, 2.45) is 0 Å². The quantitative estimate of drug-likeness (QED) is 0.449. The molecule has 1 atom stereocenters. The summed E-state index contributed by atoms with van der Waals surface area (Å²) < 4.78 is 0. The standard InChI is InChI=1S/C25H29N3O3/c1-3-7-23(25(30)31)28-24(29)21-13-12-18(9-6-10-19-15-26-16-27-19)14-22(21)20-11-5-4-8-17(20)2/h4-5,8,11-16,23H,3,6-7,9-10H2,1-2H3,(H,26,27)(H,28,29)(H,30,31). The molecule has 0 aliphatic carbocycles. The Bertz CT molecular complexity index is 1030. The molecule has 0 fully saturated rings. The van der Waals surface area contributed by atoms with Crippen molar-refractivity contribution < 1.29 is 14.7 Å². The number of aromatic amines is 1. The molecule has 1 unspecified atom stereocenters. The molecule has 1 aromatic heterocycles. The van der Waals surface area contributed by atoms with Crippen LogP contribution in [0.1, 0.15) is 53.4 Å². The Hall–Kier alpha value is -3.41. The summed E-state index contributed by atoms with van der Waals surface area (Å²) in [6.07, 6.45) is 7.32. The van der Waals surface area contributed by atoms with Crippen molar-refractivity contribution in [3.05, 3.63) is 77.4 Å². The van der Waals surface area contributed by atoms with Crippen LogP contribution in [0.15, 0.2) is 55.0 Å². The second-order valence-electron chi connectivity index (χ2n) is 7.78. The Kier molecular flexibility index (Phi) is 7.60. The molecule has 2 aromatic carbocycles. The SMILES string of the molecule is CCCC(NC(=O)c1ccc(CCCc2cnc[nH]2)cc1-c1ccccc1C)C(=O)O. The summed E-state index contributed by atoms with van der Waals surface area (Å²) in [5, 5.41) is 12.1. The van der Waals surface area contributed by atoms with Crippen LogP contribution in [-0.2, 0) is 17.6 Å². The topological polar surface area (TPSA) is 95.1 Å². The monoisotopic (exact) mass is 419 g/mol. The fraction of sp³-hybridized carbons (Fsp3) is 0.320. The predicted molar refractivity (Wildman–Crippen MR) is 121 cm³/mol. The van der Waals surface area contributed by atoms with Crippen LogP contribution in [0.25, 0.3) is 11.1 Å². The first kappa shape index (κ1) is 22.3. The first-order valence-corrected chi connectivity index (χ1v) is 10.7. The van der Waals surface area contributed by atoms with Crippen LogP contribution in [0.3, 0.4) is 0 Å². The van der Waals surface area contributed by atoms with Crippen LogP contribution in [0.2, 0.25) is 0 Å². The minimum absolute atomic E-state index is 0.358. The first-order chi connectivity index (χ1) is 15.0. The van der Waals surface area contributed by atoms with E-state index >= 15 is 0 Å². The highest BCUT2D eigenvalue weighted by Crippen LogP contribution is 2.29. The van der Waals surface area contributed by atoms with Crippen molar-refractivity contribution in [3.63, 3.8) is 0 Å². The zero-order valence-corrected chi connectivity index (χ0v) is 18.0. The third-order valence-corrected chi connectivity index (χ3v) is 5.41. The van der Waals surface area contributed by atoms with Crippen molar-refractivity contribution in [2.75, 3.05) is 0 Å². The second kappa shape index (κ2) is 10.6.